The van der Waals surface area contributed by atoms with Gasteiger partial charge in [-0.15, -0.1) is 12.4 Å². The van der Waals surface area contributed by atoms with Crippen molar-refractivity contribution in [2.75, 3.05) is 12.4 Å². The molecule has 2 aromatic rings. The Labute approximate surface area is 128 Å². The lowest BCUT2D eigenvalue weighted by Crippen LogP contribution is -2.13. The van der Waals surface area contributed by atoms with Gasteiger partial charge in [-0.25, -0.2) is 0 Å². The van der Waals surface area contributed by atoms with Gasteiger partial charge < -0.3 is 10.1 Å². The van der Waals surface area contributed by atoms with Gasteiger partial charge in [0.1, 0.15) is 5.75 Å². The number of amides is 1. The first kappa shape index (κ1) is 16.3. The van der Waals surface area contributed by atoms with Crippen molar-refractivity contribution in [1.29, 1.82) is 0 Å². The zero-order valence-electron chi connectivity index (χ0n) is 11.0. The molecule has 0 saturated carbocycles. The van der Waals surface area contributed by atoms with Crippen molar-refractivity contribution in [2.45, 2.75) is 6.92 Å². The van der Waals surface area contributed by atoms with Crippen LogP contribution in [0.4, 0.5) is 5.69 Å². The molecule has 0 spiro atoms. The topological polar surface area (TPSA) is 51.2 Å². The summed E-state index contributed by atoms with van der Waals surface area (Å²) in [7, 11) is 1.55. The summed E-state index contributed by atoms with van der Waals surface area (Å²) in [5.41, 5.74) is 2.02. The van der Waals surface area contributed by atoms with Gasteiger partial charge in [0.05, 0.1) is 17.7 Å². The second kappa shape index (κ2) is 7.12. The number of carbonyl (C=O) groups excluding carboxylic acids is 1. The van der Waals surface area contributed by atoms with E-state index >= 15 is 0 Å². The van der Waals surface area contributed by atoms with Crippen molar-refractivity contribution in [3.8, 4) is 5.75 Å². The minimum absolute atomic E-state index is 0. The van der Waals surface area contributed by atoms with Gasteiger partial charge in [-0.05, 0) is 36.8 Å². The molecule has 20 heavy (non-hydrogen) atoms. The number of rotatable bonds is 3. The van der Waals surface area contributed by atoms with Crippen LogP contribution in [0, 0.1) is 6.92 Å². The van der Waals surface area contributed by atoms with Crippen LogP contribution in [-0.2, 0) is 0 Å². The second-order valence-electron chi connectivity index (χ2n) is 4.00. The molecule has 1 amide bonds. The third kappa shape index (κ3) is 3.62. The Bertz CT molecular complexity index is 604. The monoisotopic (exact) mass is 312 g/mol. The summed E-state index contributed by atoms with van der Waals surface area (Å²) >= 11 is 6.04. The molecule has 0 aliphatic heterocycles. The van der Waals surface area contributed by atoms with E-state index in [1.165, 1.54) is 6.20 Å². The lowest BCUT2D eigenvalue weighted by molar-refractivity contribution is 0.102. The van der Waals surface area contributed by atoms with E-state index < -0.39 is 0 Å². The Morgan fingerprint density at radius 2 is 2.15 bits per heavy atom. The molecule has 0 fully saturated rings. The number of hydrogen-bond donors (Lipinski definition) is 1. The van der Waals surface area contributed by atoms with Crippen molar-refractivity contribution in [2.24, 2.45) is 0 Å². The molecule has 0 saturated heterocycles. The van der Waals surface area contributed by atoms with E-state index in [2.05, 4.69) is 10.3 Å². The Morgan fingerprint density at radius 1 is 1.40 bits per heavy atom. The van der Waals surface area contributed by atoms with Gasteiger partial charge >= 0.3 is 0 Å². The van der Waals surface area contributed by atoms with Gasteiger partial charge in [-0.1, -0.05) is 11.6 Å². The standard InChI is InChI=1S/C14H13ClN2O2.ClH/c1-9-6-13(19-2)11(15)7-12(9)17-14(18)10-4-3-5-16-8-10;/h3-8H,1-2H3,(H,17,18);1H. The predicted molar refractivity (Wildman–Crippen MR) is 82.2 cm³/mol. The highest BCUT2D eigenvalue weighted by molar-refractivity contribution is 6.32. The molecule has 4 nitrogen and oxygen atoms in total. The first-order valence-corrected chi connectivity index (χ1v) is 6.05. The van der Waals surface area contributed by atoms with E-state index in [0.29, 0.717) is 22.0 Å². The molecule has 1 aromatic carbocycles. The lowest BCUT2D eigenvalue weighted by atomic mass is 10.1. The van der Waals surface area contributed by atoms with E-state index in [4.69, 9.17) is 16.3 Å². The van der Waals surface area contributed by atoms with E-state index in [9.17, 15) is 4.79 Å². The highest BCUT2D eigenvalue weighted by atomic mass is 35.5. The van der Waals surface area contributed by atoms with Crippen molar-refractivity contribution < 1.29 is 9.53 Å². The van der Waals surface area contributed by atoms with Crippen molar-refractivity contribution in [3.05, 3.63) is 52.8 Å². The fourth-order valence-electron chi connectivity index (χ4n) is 1.64. The predicted octanol–water partition coefficient (Wildman–Crippen LogP) is 3.73. The minimum Gasteiger partial charge on any atom is -0.495 e. The summed E-state index contributed by atoms with van der Waals surface area (Å²) in [4.78, 5) is 15.9. The maximum Gasteiger partial charge on any atom is 0.257 e. The number of methoxy groups -OCH3 is 1. The summed E-state index contributed by atoms with van der Waals surface area (Å²) in [5.74, 6) is 0.357. The maximum absolute atomic E-state index is 12.0. The minimum atomic E-state index is -0.225. The SMILES string of the molecule is COc1cc(C)c(NC(=O)c2cccnc2)cc1Cl.Cl. The number of aromatic nitrogens is 1. The van der Waals surface area contributed by atoms with Gasteiger partial charge in [0.25, 0.3) is 5.91 Å². The molecule has 1 N–H and O–H groups in total. The van der Waals surface area contributed by atoms with Crippen molar-refractivity contribution >= 4 is 35.6 Å². The van der Waals surface area contributed by atoms with Gasteiger partial charge in [0.15, 0.2) is 0 Å². The zero-order chi connectivity index (χ0) is 13.8. The first-order valence-electron chi connectivity index (χ1n) is 5.67. The van der Waals surface area contributed by atoms with Crippen LogP contribution in [0.3, 0.4) is 0 Å². The average molecular weight is 313 g/mol. The number of benzene rings is 1. The summed E-state index contributed by atoms with van der Waals surface area (Å²) < 4.78 is 5.12. The van der Waals surface area contributed by atoms with E-state index in [-0.39, 0.29) is 18.3 Å². The highest BCUT2D eigenvalue weighted by Crippen LogP contribution is 2.30. The normalized spacial score (nSPS) is 9.55. The highest BCUT2D eigenvalue weighted by Gasteiger charge is 2.10. The summed E-state index contributed by atoms with van der Waals surface area (Å²) in [6.45, 7) is 1.87. The maximum atomic E-state index is 12.0. The molecule has 0 aliphatic rings. The van der Waals surface area contributed by atoms with Gasteiger partial charge in [0, 0.05) is 18.1 Å². The van der Waals surface area contributed by atoms with Gasteiger partial charge in [-0.3, -0.25) is 9.78 Å². The average Bonchev–Trinajstić information content (AvgIpc) is 2.43. The number of nitrogens with one attached hydrogen (secondary N) is 1. The van der Waals surface area contributed by atoms with Gasteiger partial charge in [0.2, 0.25) is 0 Å². The van der Waals surface area contributed by atoms with Crippen LogP contribution in [0.2, 0.25) is 5.02 Å². The van der Waals surface area contributed by atoms with Crippen LogP contribution in [0.15, 0.2) is 36.7 Å². The molecule has 2 rings (SSSR count). The van der Waals surface area contributed by atoms with Gasteiger partial charge in [-0.2, -0.15) is 0 Å². The van der Waals surface area contributed by atoms with Crippen LogP contribution in [0.1, 0.15) is 15.9 Å². The molecule has 0 radical (unpaired) electrons. The third-order valence-corrected chi connectivity index (χ3v) is 2.97. The quantitative estimate of drug-likeness (QED) is 0.939. The molecule has 0 bridgehead atoms. The Morgan fingerprint density at radius 3 is 2.75 bits per heavy atom. The number of hydrogen-bond acceptors (Lipinski definition) is 3. The number of ether oxygens (including phenoxy) is 1. The van der Waals surface area contributed by atoms with Crippen LogP contribution < -0.4 is 10.1 Å². The number of pyridine rings is 1. The number of nitrogens with zero attached hydrogens (tertiary/aromatic N) is 1. The van der Waals surface area contributed by atoms with Crippen molar-refractivity contribution in [1.82, 2.24) is 4.98 Å². The van der Waals surface area contributed by atoms with Crippen LogP contribution >= 0.6 is 24.0 Å². The number of anilines is 1. The zero-order valence-corrected chi connectivity index (χ0v) is 12.6. The molecule has 0 atom stereocenters. The number of carbonyl (C=O) groups is 1. The summed E-state index contributed by atoms with van der Waals surface area (Å²) in [6.07, 6.45) is 3.13. The van der Waals surface area contributed by atoms with Crippen LogP contribution in [0.5, 0.6) is 5.75 Å². The molecule has 6 heteroatoms. The number of halogens is 2. The Balaban J connectivity index is 0.00000200. The molecule has 1 heterocycles. The number of aryl methyl sites for hydroxylation is 1. The molecular weight excluding hydrogens is 299 g/mol. The van der Waals surface area contributed by atoms with E-state index in [1.54, 1.807) is 37.6 Å². The Hall–Kier alpha value is -1.78. The third-order valence-electron chi connectivity index (χ3n) is 2.67. The summed E-state index contributed by atoms with van der Waals surface area (Å²) in [6, 6.07) is 6.86. The smallest absolute Gasteiger partial charge is 0.257 e. The molecule has 106 valence electrons. The molecular formula is C14H14Cl2N2O2. The second-order valence-corrected chi connectivity index (χ2v) is 4.40. The largest absolute Gasteiger partial charge is 0.495 e. The first-order chi connectivity index (χ1) is 9.11. The Kier molecular flexibility index (Phi) is 5.80. The summed E-state index contributed by atoms with van der Waals surface area (Å²) in [5, 5.41) is 3.25. The molecule has 0 aliphatic carbocycles. The van der Waals surface area contributed by atoms with E-state index in [0.717, 1.165) is 5.56 Å². The van der Waals surface area contributed by atoms with Crippen molar-refractivity contribution in [3.63, 3.8) is 0 Å². The fourth-order valence-corrected chi connectivity index (χ4v) is 1.88. The molecule has 1 aromatic heterocycles. The van der Waals surface area contributed by atoms with Crippen LogP contribution in [0.25, 0.3) is 0 Å². The van der Waals surface area contributed by atoms with E-state index in [1.807, 2.05) is 6.92 Å². The molecule has 0 unspecified atom stereocenters. The fraction of sp³-hybridized carbons (Fsp3) is 0.143. The lowest BCUT2D eigenvalue weighted by Gasteiger charge is -2.11. The van der Waals surface area contributed by atoms with Crippen LogP contribution in [-0.4, -0.2) is 18.0 Å².